The zero-order valence-corrected chi connectivity index (χ0v) is 10.7. The average molecular weight is 244 g/mol. The monoisotopic (exact) mass is 244 g/mol. The number of carboxylic acid groups (broad SMARTS) is 2. The van der Waals surface area contributed by atoms with Gasteiger partial charge in [-0.1, -0.05) is 39.0 Å². The van der Waals surface area contributed by atoms with E-state index in [-0.39, 0.29) is 12.8 Å². The molecular weight excluding hydrogens is 220 g/mol. The van der Waals surface area contributed by atoms with E-state index in [4.69, 9.17) is 10.2 Å². The normalized spacial score (nSPS) is 12.3. The maximum absolute atomic E-state index is 10.5. The molecule has 0 radical (unpaired) electrons. The van der Waals surface area contributed by atoms with Gasteiger partial charge in [0.25, 0.3) is 0 Å². The van der Waals surface area contributed by atoms with E-state index >= 15 is 0 Å². The van der Waals surface area contributed by atoms with Gasteiger partial charge in [0.15, 0.2) is 0 Å². The van der Waals surface area contributed by atoms with Crippen molar-refractivity contribution in [2.75, 3.05) is 0 Å². The van der Waals surface area contributed by atoms with Gasteiger partial charge in [0.1, 0.15) is 0 Å². The van der Waals surface area contributed by atoms with Crippen LogP contribution in [0.25, 0.3) is 0 Å². The SMILES string of the molecule is CCCCC(CCCCC(=O)O)CCC(=O)O. The minimum atomic E-state index is -0.749. The summed E-state index contributed by atoms with van der Waals surface area (Å²) >= 11 is 0. The van der Waals surface area contributed by atoms with Gasteiger partial charge in [-0.25, -0.2) is 0 Å². The van der Waals surface area contributed by atoms with Crippen LogP contribution in [-0.4, -0.2) is 22.2 Å². The molecule has 0 rings (SSSR count). The standard InChI is InChI=1S/C13H24O4/c1-2-3-6-11(9-10-13(16)17)7-4-5-8-12(14)15/h11H,2-10H2,1H3,(H,14,15)(H,16,17). The number of aliphatic carboxylic acids is 2. The summed E-state index contributed by atoms with van der Waals surface area (Å²) in [6, 6.07) is 0. The second-order valence-corrected chi connectivity index (χ2v) is 4.58. The molecule has 0 aromatic rings. The summed E-state index contributed by atoms with van der Waals surface area (Å²) in [7, 11) is 0. The van der Waals surface area contributed by atoms with Crippen LogP contribution in [0.3, 0.4) is 0 Å². The molecule has 17 heavy (non-hydrogen) atoms. The maximum Gasteiger partial charge on any atom is 0.303 e. The van der Waals surface area contributed by atoms with E-state index in [1.165, 1.54) is 0 Å². The molecule has 1 unspecified atom stereocenters. The van der Waals surface area contributed by atoms with Crippen molar-refractivity contribution in [3.05, 3.63) is 0 Å². The molecule has 0 fully saturated rings. The van der Waals surface area contributed by atoms with Crippen molar-refractivity contribution < 1.29 is 19.8 Å². The zero-order chi connectivity index (χ0) is 13.1. The highest BCUT2D eigenvalue weighted by Crippen LogP contribution is 2.21. The van der Waals surface area contributed by atoms with Crippen LogP contribution >= 0.6 is 0 Å². The molecule has 0 saturated carbocycles. The Morgan fingerprint density at radius 1 is 0.882 bits per heavy atom. The average Bonchev–Trinajstić information content (AvgIpc) is 2.26. The van der Waals surface area contributed by atoms with Crippen molar-refractivity contribution in [2.45, 2.75) is 64.7 Å². The van der Waals surface area contributed by atoms with Crippen LogP contribution in [0, 0.1) is 5.92 Å². The summed E-state index contributed by atoms with van der Waals surface area (Å²) < 4.78 is 0. The van der Waals surface area contributed by atoms with Gasteiger partial charge in [-0.2, -0.15) is 0 Å². The Bertz CT molecular complexity index is 225. The van der Waals surface area contributed by atoms with E-state index in [1.807, 2.05) is 0 Å². The molecule has 2 N–H and O–H groups in total. The number of rotatable bonds is 11. The number of hydrogen-bond acceptors (Lipinski definition) is 2. The molecule has 0 aliphatic carbocycles. The van der Waals surface area contributed by atoms with Gasteiger partial charge in [-0.3, -0.25) is 9.59 Å². The van der Waals surface area contributed by atoms with Crippen molar-refractivity contribution >= 4 is 11.9 Å². The Kier molecular flexibility index (Phi) is 9.49. The zero-order valence-electron chi connectivity index (χ0n) is 10.7. The highest BCUT2D eigenvalue weighted by molar-refractivity contribution is 5.66. The molecule has 4 nitrogen and oxygen atoms in total. The van der Waals surface area contributed by atoms with Crippen molar-refractivity contribution in [3.63, 3.8) is 0 Å². The molecule has 100 valence electrons. The fourth-order valence-electron chi connectivity index (χ4n) is 1.96. The third-order valence-electron chi connectivity index (χ3n) is 2.99. The van der Waals surface area contributed by atoms with Crippen LogP contribution in [0.5, 0.6) is 0 Å². The number of hydrogen-bond donors (Lipinski definition) is 2. The van der Waals surface area contributed by atoms with E-state index in [0.29, 0.717) is 12.3 Å². The summed E-state index contributed by atoms with van der Waals surface area (Å²) in [5.41, 5.74) is 0. The molecule has 0 aromatic heterocycles. The Morgan fingerprint density at radius 2 is 1.47 bits per heavy atom. The third-order valence-corrected chi connectivity index (χ3v) is 2.99. The molecular formula is C13H24O4. The summed E-state index contributed by atoms with van der Waals surface area (Å²) in [5.74, 6) is -1.04. The lowest BCUT2D eigenvalue weighted by Gasteiger charge is -2.15. The van der Waals surface area contributed by atoms with Crippen molar-refractivity contribution in [1.82, 2.24) is 0 Å². The van der Waals surface area contributed by atoms with Gasteiger partial charge in [-0.05, 0) is 18.8 Å². The highest BCUT2D eigenvalue weighted by atomic mass is 16.4. The van der Waals surface area contributed by atoms with E-state index in [2.05, 4.69) is 6.92 Å². The highest BCUT2D eigenvalue weighted by Gasteiger charge is 2.10. The summed E-state index contributed by atoms with van der Waals surface area (Å²) in [6.45, 7) is 2.12. The summed E-state index contributed by atoms with van der Waals surface area (Å²) in [6.07, 6.45) is 7.04. The van der Waals surface area contributed by atoms with Gasteiger partial charge in [0.05, 0.1) is 0 Å². The van der Waals surface area contributed by atoms with Crippen molar-refractivity contribution in [2.24, 2.45) is 5.92 Å². The van der Waals surface area contributed by atoms with Gasteiger partial charge >= 0.3 is 11.9 Å². The maximum atomic E-state index is 10.5. The van der Waals surface area contributed by atoms with E-state index in [9.17, 15) is 9.59 Å². The molecule has 0 spiro atoms. The number of unbranched alkanes of at least 4 members (excludes halogenated alkanes) is 2. The van der Waals surface area contributed by atoms with Crippen LogP contribution in [0.1, 0.15) is 64.7 Å². The number of carbonyl (C=O) groups is 2. The Hall–Kier alpha value is -1.06. The largest absolute Gasteiger partial charge is 0.481 e. The van der Waals surface area contributed by atoms with E-state index in [0.717, 1.165) is 38.5 Å². The third kappa shape index (κ3) is 11.2. The fourth-order valence-corrected chi connectivity index (χ4v) is 1.96. The molecule has 0 saturated heterocycles. The first-order chi connectivity index (χ1) is 8.06. The van der Waals surface area contributed by atoms with E-state index in [1.54, 1.807) is 0 Å². The predicted octanol–water partition coefficient (Wildman–Crippen LogP) is 3.30. The Morgan fingerprint density at radius 3 is 2.00 bits per heavy atom. The van der Waals surface area contributed by atoms with Crippen molar-refractivity contribution in [3.8, 4) is 0 Å². The lowest BCUT2D eigenvalue weighted by molar-refractivity contribution is -0.138. The molecule has 4 heteroatoms. The summed E-state index contributed by atoms with van der Waals surface area (Å²) in [4.78, 5) is 20.9. The van der Waals surface area contributed by atoms with Crippen LogP contribution in [-0.2, 0) is 9.59 Å². The molecule has 0 aromatic carbocycles. The van der Waals surface area contributed by atoms with Crippen LogP contribution in [0.2, 0.25) is 0 Å². The molecule has 0 bridgehead atoms. The second kappa shape index (κ2) is 10.1. The minimum absolute atomic E-state index is 0.222. The lowest BCUT2D eigenvalue weighted by atomic mass is 9.91. The Balaban J connectivity index is 3.75. The Labute approximate surface area is 103 Å². The van der Waals surface area contributed by atoms with Crippen molar-refractivity contribution in [1.29, 1.82) is 0 Å². The fraction of sp³-hybridized carbons (Fsp3) is 0.846. The van der Waals surface area contributed by atoms with Crippen LogP contribution < -0.4 is 0 Å². The molecule has 1 atom stereocenters. The molecule has 0 heterocycles. The minimum Gasteiger partial charge on any atom is -0.481 e. The van der Waals surface area contributed by atoms with Gasteiger partial charge in [-0.15, -0.1) is 0 Å². The lowest BCUT2D eigenvalue weighted by Crippen LogP contribution is -2.05. The number of carboxylic acids is 2. The molecule has 0 amide bonds. The van der Waals surface area contributed by atoms with Gasteiger partial charge in [0.2, 0.25) is 0 Å². The van der Waals surface area contributed by atoms with Gasteiger partial charge in [0, 0.05) is 12.8 Å². The quantitative estimate of drug-likeness (QED) is 0.547. The van der Waals surface area contributed by atoms with Crippen LogP contribution in [0.4, 0.5) is 0 Å². The second-order valence-electron chi connectivity index (χ2n) is 4.58. The molecule has 0 aliphatic heterocycles. The molecule has 0 aliphatic rings. The van der Waals surface area contributed by atoms with E-state index < -0.39 is 11.9 Å². The topological polar surface area (TPSA) is 74.6 Å². The van der Waals surface area contributed by atoms with Crippen LogP contribution in [0.15, 0.2) is 0 Å². The van der Waals surface area contributed by atoms with Gasteiger partial charge < -0.3 is 10.2 Å². The first-order valence-corrected chi connectivity index (χ1v) is 6.49. The summed E-state index contributed by atoms with van der Waals surface area (Å²) in [5, 5.41) is 17.2. The predicted molar refractivity (Wildman–Crippen MR) is 66.0 cm³/mol. The first-order valence-electron chi connectivity index (χ1n) is 6.49. The smallest absolute Gasteiger partial charge is 0.303 e. The first kappa shape index (κ1) is 15.9.